The second-order valence-electron chi connectivity index (χ2n) is 6.34. The largest absolute Gasteiger partial charge is 0.379 e. The number of hydrogen-bond acceptors (Lipinski definition) is 2. The molecule has 1 aromatic rings. The lowest BCUT2D eigenvalue weighted by Gasteiger charge is -2.34. The molecule has 0 aromatic heterocycles. The Morgan fingerprint density at radius 2 is 2.15 bits per heavy atom. The molecule has 2 fully saturated rings. The van der Waals surface area contributed by atoms with Gasteiger partial charge in [-0.2, -0.15) is 0 Å². The van der Waals surface area contributed by atoms with Crippen LogP contribution in [-0.4, -0.2) is 25.8 Å². The lowest BCUT2D eigenvalue weighted by atomic mass is 9.75. The lowest BCUT2D eigenvalue weighted by molar-refractivity contribution is 0.0470. The maximum absolute atomic E-state index is 15.3. The smallest absolute Gasteiger partial charge is 0.135 e. The van der Waals surface area contributed by atoms with Gasteiger partial charge in [-0.15, -0.1) is 0 Å². The fourth-order valence-corrected chi connectivity index (χ4v) is 3.37. The van der Waals surface area contributed by atoms with Crippen molar-refractivity contribution in [1.29, 1.82) is 0 Å². The molecule has 0 bridgehead atoms. The molecule has 1 saturated carbocycles. The summed E-state index contributed by atoms with van der Waals surface area (Å²) in [5.74, 6) is 0.567. The van der Waals surface area contributed by atoms with Gasteiger partial charge in [-0.05, 0) is 36.8 Å². The van der Waals surface area contributed by atoms with Crippen molar-refractivity contribution < 1.29 is 9.13 Å². The van der Waals surface area contributed by atoms with Crippen molar-refractivity contribution in [3.05, 3.63) is 35.4 Å². The molecule has 1 heterocycles. The summed E-state index contributed by atoms with van der Waals surface area (Å²) in [5, 5.41) is 3.36. The summed E-state index contributed by atoms with van der Waals surface area (Å²) in [4.78, 5) is 0. The first-order chi connectivity index (χ1) is 9.67. The second-order valence-corrected chi connectivity index (χ2v) is 6.34. The number of hydrogen-bond donors (Lipinski definition) is 1. The van der Waals surface area contributed by atoms with Gasteiger partial charge in [0.25, 0.3) is 0 Å². The standard InChI is InChI=1S/C17H24FNO/c1-17(18,11-14-12-20-10-9-19-14)16-8-3-2-7-15(16)13-5-4-6-13/h2-3,7-8,13-14,19H,4-6,9-12H2,1H3. The fourth-order valence-electron chi connectivity index (χ4n) is 3.37. The molecular weight excluding hydrogens is 253 g/mol. The van der Waals surface area contributed by atoms with Crippen molar-refractivity contribution in [2.45, 2.75) is 50.2 Å². The van der Waals surface area contributed by atoms with Gasteiger partial charge in [0, 0.05) is 19.0 Å². The van der Waals surface area contributed by atoms with E-state index in [-0.39, 0.29) is 6.04 Å². The zero-order valence-corrected chi connectivity index (χ0v) is 12.2. The van der Waals surface area contributed by atoms with Crippen molar-refractivity contribution in [3.63, 3.8) is 0 Å². The van der Waals surface area contributed by atoms with Crippen LogP contribution < -0.4 is 5.32 Å². The van der Waals surface area contributed by atoms with E-state index >= 15 is 4.39 Å². The Hall–Kier alpha value is -0.930. The predicted molar refractivity (Wildman–Crippen MR) is 78.7 cm³/mol. The van der Waals surface area contributed by atoms with E-state index in [0.717, 1.165) is 18.7 Å². The van der Waals surface area contributed by atoms with E-state index in [0.29, 0.717) is 18.9 Å². The summed E-state index contributed by atoms with van der Waals surface area (Å²) in [6.45, 7) is 3.90. The molecular formula is C17H24FNO. The fraction of sp³-hybridized carbons (Fsp3) is 0.647. The first-order valence-corrected chi connectivity index (χ1v) is 7.76. The number of alkyl halides is 1. The Bertz CT molecular complexity index is 450. The van der Waals surface area contributed by atoms with Crippen molar-refractivity contribution >= 4 is 0 Å². The maximum Gasteiger partial charge on any atom is 0.135 e. The molecule has 2 unspecified atom stereocenters. The quantitative estimate of drug-likeness (QED) is 0.909. The van der Waals surface area contributed by atoms with Crippen LogP contribution in [0.5, 0.6) is 0 Å². The van der Waals surface area contributed by atoms with Gasteiger partial charge in [0.2, 0.25) is 0 Å². The molecule has 2 atom stereocenters. The van der Waals surface area contributed by atoms with E-state index in [9.17, 15) is 0 Å². The van der Waals surface area contributed by atoms with Gasteiger partial charge < -0.3 is 10.1 Å². The summed E-state index contributed by atoms with van der Waals surface area (Å²) < 4.78 is 20.7. The van der Waals surface area contributed by atoms with Crippen LogP contribution >= 0.6 is 0 Å². The molecule has 20 heavy (non-hydrogen) atoms. The van der Waals surface area contributed by atoms with Gasteiger partial charge in [-0.25, -0.2) is 4.39 Å². The van der Waals surface area contributed by atoms with Crippen molar-refractivity contribution in [2.75, 3.05) is 19.8 Å². The van der Waals surface area contributed by atoms with Crippen LogP contribution in [0.1, 0.15) is 49.7 Å². The summed E-state index contributed by atoms with van der Waals surface area (Å²) >= 11 is 0. The number of nitrogens with one attached hydrogen (secondary N) is 1. The summed E-state index contributed by atoms with van der Waals surface area (Å²) in [5.41, 5.74) is 0.822. The molecule has 1 saturated heterocycles. The molecule has 110 valence electrons. The molecule has 2 aliphatic rings. The number of benzene rings is 1. The molecule has 1 aliphatic carbocycles. The van der Waals surface area contributed by atoms with Crippen molar-refractivity contribution in [3.8, 4) is 0 Å². The summed E-state index contributed by atoms with van der Waals surface area (Å²) in [7, 11) is 0. The average Bonchev–Trinajstić information content (AvgIpc) is 2.38. The first-order valence-electron chi connectivity index (χ1n) is 7.76. The van der Waals surface area contributed by atoms with Crippen molar-refractivity contribution in [1.82, 2.24) is 5.32 Å². The minimum Gasteiger partial charge on any atom is -0.379 e. The van der Waals surface area contributed by atoms with Gasteiger partial charge in [0.1, 0.15) is 5.67 Å². The van der Waals surface area contributed by atoms with Crippen LogP contribution in [-0.2, 0) is 10.4 Å². The highest BCUT2D eigenvalue weighted by Gasteiger charge is 2.35. The second kappa shape index (κ2) is 5.82. The topological polar surface area (TPSA) is 21.3 Å². The molecule has 0 radical (unpaired) electrons. The number of halogens is 1. The van der Waals surface area contributed by atoms with E-state index in [4.69, 9.17) is 4.74 Å². The highest BCUT2D eigenvalue weighted by molar-refractivity contribution is 5.36. The lowest BCUT2D eigenvalue weighted by Crippen LogP contribution is -2.44. The van der Waals surface area contributed by atoms with Gasteiger partial charge in [-0.3, -0.25) is 0 Å². The molecule has 3 rings (SSSR count). The maximum atomic E-state index is 15.3. The van der Waals surface area contributed by atoms with Crippen LogP contribution in [0.3, 0.4) is 0 Å². The summed E-state index contributed by atoms with van der Waals surface area (Å²) in [6, 6.07) is 8.20. The third-order valence-electron chi connectivity index (χ3n) is 4.70. The normalized spacial score (nSPS) is 26.8. The van der Waals surface area contributed by atoms with E-state index in [2.05, 4.69) is 11.4 Å². The van der Waals surface area contributed by atoms with Gasteiger partial charge in [0.05, 0.1) is 13.2 Å². The van der Waals surface area contributed by atoms with Crippen LogP contribution in [0.4, 0.5) is 4.39 Å². The average molecular weight is 277 g/mol. The molecule has 0 amide bonds. The first kappa shape index (κ1) is 14.0. The Kier molecular flexibility index (Phi) is 4.08. The Balaban J connectivity index is 1.78. The zero-order valence-electron chi connectivity index (χ0n) is 12.2. The van der Waals surface area contributed by atoms with Crippen LogP contribution in [0.25, 0.3) is 0 Å². The number of rotatable bonds is 4. The number of morpholine rings is 1. The van der Waals surface area contributed by atoms with Crippen LogP contribution in [0.15, 0.2) is 24.3 Å². The highest BCUT2D eigenvalue weighted by Crippen LogP contribution is 2.43. The third kappa shape index (κ3) is 2.89. The Morgan fingerprint density at radius 1 is 1.35 bits per heavy atom. The molecule has 0 spiro atoms. The molecule has 1 aliphatic heterocycles. The minimum atomic E-state index is -1.29. The highest BCUT2D eigenvalue weighted by atomic mass is 19.1. The van der Waals surface area contributed by atoms with E-state index in [1.807, 2.05) is 18.2 Å². The van der Waals surface area contributed by atoms with Gasteiger partial charge >= 0.3 is 0 Å². The zero-order chi connectivity index (χ0) is 14.0. The molecule has 1 N–H and O–H groups in total. The number of ether oxygens (including phenoxy) is 1. The van der Waals surface area contributed by atoms with E-state index in [1.54, 1.807) is 6.92 Å². The van der Waals surface area contributed by atoms with Gasteiger partial charge in [0.15, 0.2) is 0 Å². The summed E-state index contributed by atoms with van der Waals surface area (Å²) in [6.07, 6.45) is 4.17. The third-order valence-corrected chi connectivity index (χ3v) is 4.70. The monoisotopic (exact) mass is 277 g/mol. The minimum absolute atomic E-state index is 0.119. The molecule has 3 heteroatoms. The van der Waals surface area contributed by atoms with E-state index in [1.165, 1.54) is 24.8 Å². The predicted octanol–water partition coefficient (Wildman–Crippen LogP) is 3.52. The van der Waals surface area contributed by atoms with Gasteiger partial charge in [-0.1, -0.05) is 30.7 Å². The van der Waals surface area contributed by atoms with Crippen LogP contribution in [0.2, 0.25) is 0 Å². The SMILES string of the molecule is CC(F)(CC1COCCN1)c1ccccc1C1CCC1. The Morgan fingerprint density at radius 3 is 2.80 bits per heavy atom. The van der Waals surface area contributed by atoms with Crippen molar-refractivity contribution in [2.24, 2.45) is 0 Å². The molecule has 1 aromatic carbocycles. The van der Waals surface area contributed by atoms with E-state index < -0.39 is 5.67 Å². The molecule has 2 nitrogen and oxygen atoms in total. The Labute approximate surface area is 120 Å². The van der Waals surface area contributed by atoms with Crippen LogP contribution in [0, 0.1) is 0 Å².